The molecule has 0 saturated carbocycles. The van der Waals surface area contributed by atoms with Crippen molar-refractivity contribution >= 4 is 0 Å². The highest BCUT2D eigenvalue weighted by atomic mass is 16.6. The molecule has 23 heavy (non-hydrogen) atoms. The molecule has 1 aliphatic rings. The lowest BCUT2D eigenvalue weighted by molar-refractivity contribution is -0.662. The number of quaternary nitrogens is 1. The molecule has 0 aliphatic carbocycles. The minimum absolute atomic E-state index is 0.427. The second kappa shape index (κ2) is 10.3. The number of benzene rings is 1. The molecule has 130 valence electrons. The van der Waals surface area contributed by atoms with Crippen molar-refractivity contribution < 1.29 is 29.0 Å². The number of hydrogen-bond donors (Lipinski definition) is 1. The Balaban J connectivity index is 1.56. The summed E-state index contributed by atoms with van der Waals surface area (Å²) in [6, 6.07) is 5.56. The Kier molecular flexibility index (Phi) is 8.00. The third-order valence-corrected chi connectivity index (χ3v) is 3.78. The van der Waals surface area contributed by atoms with Crippen LogP contribution in [0.2, 0.25) is 0 Å². The van der Waals surface area contributed by atoms with Crippen LogP contribution >= 0.6 is 0 Å². The van der Waals surface area contributed by atoms with E-state index in [2.05, 4.69) is 5.32 Å². The lowest BCUT2D eigenvalue weighted by Crippen LogP contribution is -2.87. The first-order valence-electron chi connectivity index (χ1n) is 8.20. The van der Waals surface area contributed by atoms with Crippen LogP contribution in [0.5, 0.6) is 17.2 Å². The van der Waals surface area contributed by atoms with E-state index >= 15 is 0 Å². The maximum Gasteiger partial charge on any atom is 0.203 e. The van der Waals surface area contributed by atoms with Crippen molar-refractivity contribution in [3.63, 3.8) is 0 Å². The number of ether oxygens (including phenoxy) is 5. The van der Waals surface area contributed by atoms with Crippen molar-refractivity contribution in [2.75, 3.05) is 53.7 Å². The molecule has 0 spiro atoms. The van der Waals surface area contributed by atoms with Gasteiger partial charge < -0.3 is 29.0 Å². The largest absolute Gasteiger partial charge is 0.493 e. The van der Waals surface area contributed by atoms with Crippen LogP contribution in [0, 0.1) is 0 Å². The van der Waals surface area contributed by atoms with Gasteiger partial charge in [-0.05, 0) is 25.0 Å². The second-order valence-electron chi connectivity index (χ2n) is 5.40. The van der Waals surface area contributed by atoms with Gasteiger partial charge in [-0.1, -0.05) is 6.07 Å². The third-order valence-electron chi connectivity index (χ3n) is 3.78. The lowest BCUT2D eigenvalue weighted by atomic mass is 10.2. The van der Waals surface area contributed by atoms with Crippen LogP contribution in [0.1, 0.15) is 12.8 Å². The maximum absolute atomic E-state index is 5.73. The van der Waals surface area contributed by atoms with Crippen molar-refractivity contribution in [1.29, 1.82) is 0 Å². The van der Waals surface area contributed by atoms with E-state index in [1.165, 1.54) is 12.8 Å². The van der Waals surface area contributed by atoms with E-state index in [9.17, 15) is 0 Å². The Morgan fingerprint density at radius 3 is 2.57 bits per heavy atom. The number of nitrogens with two attached hydrogens (primary N) is 1. The normalized spacial score (nSPS) is 17.2. The Labute approximate surface area is 138 Å². The smallest absolute Gasteiger partial charge is 0.203 e. The van der Waals surface area contributed by atoms with E-state index in [4.69, 9.17) is 23.7 Å². The molecule has 2 N–H and O–H groups in total. The first kappa shape index (κ1) is 17.8. The summed E-state index contributed by atoms with van der Waals surface area (Å²) in [7, 11) is 3.23. The first-order valence-corrected chi connectivity index (χ1v) is 8.20. The average molecular weight is 326 g/mol. The molecule has 1 aromatic carbocycles. The molecule has 1 heterocycles. The van der Waals surface area contributed by atoms with Crippen molar-refractivity contribution in [3.05, 3.63) is 18.2 Å². The highest BCUT2D eigenvalue weighted by Gasteiger charge is 2.16. The standard InChI is InChI=1S/C17H27NO5/c1-19-15-6-3-7-16(20-2)17(15)23-12-11-21-10-8-18-13-14-5-4-9-22-14/h3,6-7,14,18H,4-5,8-13H2,1-2H3/p+1/t14-/m1/s1. The molecule has 1 aliphatic heterocycles. The lowest BCUT2D eigenvalue weighted by Gasteiger charge is -2.14. The molecular formula is C17H28NO5+. The van der Waals surface area contributed by atoms with Gasteiger partial charge in [0.1, 0.15) is 19.3 Å². The van der Waals surface area contributed by atoms with E-state index in [1.807, 2.05) is 18.2 Å². The van der Waals surface area contributed by atoms with Crippen molar-refractivity contribution in [1.82, 2.24) is 0 Å². The molecule has 0 unspecified atom stereocenters. The van der Waals surface area contributed by atoms with E-state index in [1.54, 1.807) is 14.2 Å². The summed E-state index contributed by atoms with van der Waals surface area (Å²) >= 11 is 0. The van der Waals surface area contributed by atoms with Crippen LogP contribution in [0.4, 0.5) is 0 Å². The fraction of sp³-hybridized carbons (Fsp3) is 0.647. The number of methoxy groups -OCH3 is 2. The van der Waals surface area contributed by atoms with E-state index in [0.717, 1.165) is 19.7 Å². The summed E-state index contributed by atoms with van der Waals surface area (Å²) in [6.07, 6.45) is 2.81. The van der Waals surface area contributed by atoms with Crippen LogP contribution in [-0.2, 0) is 9.47 Å². The molecule has 0 aromatic heterocycles. The van der Waals surface area contributed by atoms with Gasteiger partial charge in [0.25, 0.3) is 0 Å². The quantitative estimate of drug-likeness (QED) is 0.611. The maximum atomic E-state index is 5.73. The van der Waals surface area contributed by atoms with Crippen molar-refractivity contribution in [2.45, 2.75) is 18.9 Å². The Morgan fingerprint density at radius 2 is 1.91 bits per heavy atom. The molecular weight excluding hydrogens is 298 g/mol. The van der Waals surface area contributed by atoms with Gasteiger partial charge in [-0.2, -0.15) is 0 Å². The fourth-order valence-electron chi connectivity index (χ4n) is 2.56. The first-order chi connectivity index (χ1) is 11.3. The summed E-state index contributed by atoms with van der Waals surface area (Å²) in [4.78, 5) is 0. The summed E-state index contributed by atoms with van der Waals surface area (Å²) in [6.45, 7) is 4.59. The van der Waals surface area contributed by atoms with Gasteiger partial charge in [-0.15, -0.1) is 0 Å². The molecule has 0 bridgehead atoms. The Hall–Kier alpha value is -1.50. The SMILES string of the molecule is COc1cccc(OC)c1OCCOCC[NH2+]C[C@H]1CCCO1. The number of para-hydroxylation sites is 1. The highest BCUT2D eigenvalue weighted by Crippen LogP contribution is 2.36. The fourth-order valence-corrected chi connectivity index (χ4v) is 2.56. The van der Waals surface area contributed by atoms with E-state index < -0.39 is 0 Å². The van der Waals surface area contributed by atoms with Crippen molar-refractivity contribution in [3.8, 4) is 17.2 Å². The predicted octanol–water partition coefficient (Wildman–Crippen LogP) is 0.842. The van der Waals surface area contributed by atoms with Crippen molar-refractivity contribution in [2.24, 2.45) is 0 Å². The topological polar surface area (TPSA) is 62.8 Å². The zero-order valence-electron chi connectivity index (χ0n) is 14.1. The molecule has 2 rings (SSSR count). The van der Waals surface area contributed by atoms with Gasteiger partial charge in [0, 0.05) is 6.61 Å². The monoisotopic (exact) mass is 326 g/mol. The van der Waals surface area contributed by atoms with Gasteiger partial charge in [0.2, 0.25) is 5.75 Å². The summed E-state index contributed by atoms with van der Waals surface area (Å²) in [5, 5.41) is 2.25. The zero-order chi connectivity index (χ0) is 16.3. The van der Waals surface area contributed by atoms with E-state index in [0.29, 0.717) is 43.2 Å². The van der Waals surface area contributed by atoms with E-state index in [-0.39, 0.29) is 0 Å². The molecule has 0 radical (unpaired) electrons. The van der Waals surface area contributed by atoms with Crippen LogP contribution in [0.15, 0.2) is 18.2 Å². The summed E-state index contributed by atoms with van der Waals surface area (Å²) in [5.41, 5.74) is 0. The predicted molar refractivity (Wildman–Crippen MR) is 86.5 cm³/mol. The van der Waals surface area contributed by atoms with Gasteiger partial charge >= 0.3 is 0 Å². The molecule has 1 saturated heterocycles. The van der Waals surface area contributed by atoms with Crippen LogP contribution in [0.25, 0.3) is 0 Å². The summed E-state index contributed by atoms with van der Waals surface area (Å²) in [5.74, 6) is 1.94. The third kappa shape index (κ3) is 5.89. The average Bonchev–Trinajstić information content (AvgIpc) is 3.10. The minimum Gasteiger partial charge on any atom is -0.493 e. The van der Waals surface area contributed by atoms with Gasteiger partial charge in [-0.25, -0.2) is 0 Å². The Bertz CT molecular complexity index is 426. The number of hydrogen-bond acceptors (Lipinski definition) is 5. The van der Waals surface area contributed by atoms with Gasteiger partial charge in [0.05, 0.1) is 34.0 Å². The van der Waals surface area contributed by atoms with Gasteiger partial charge in [-0.3, -0.25) is 0 Å². The Morgan fingerprint density at radius 1 is 1.13 bits per heavy atom. The molecule has 1 aromatic rings. The van der Waals surface area contributed by atoms with Gasteiger partial charge in [0.15, 0.2) is 11.5 Å². The molecule has 1 fully saturated rings. The second-order valence-corrected chi connectivity index (χ2v) is 5.40. The van der Waals surface area contributed by atoms with Crippen LogP contribution in [-0.4, -0.2) is 59.8 Å². The molecule has 0 amide bonds. The van der Waals surface area contributed by atoms with Crippen LogP contribution < -0.4 is 19.5 Å². The zero-order valence-corrected chi connectivity index (χ0v) is 14.1. The molecule has 1 atom stereocenters. The number of rotatable bonds is 11. The molecule has 6 nitrogen and oxygen atoms in total. The highest BCUT2D eigenvalue weighted by molar-refractivity contribution is 5.51. The van der Waals surface area contributed by atoms with Crippen LogP contribution in [0.3, 0.4) is 0 Å². The minimum atomic E-state index is 0.427. The summed E-state index contributed by atoms with van der Waals surface area (Å²) < 4.78 is 27.5. The molecule has 6 heteroatoms.